The van der Waals surface area contributed by atoms with Gasteiger partial charge in [-0.05, 0) is 12.3 Å². The van der Waals surface area contributed by atoms with Crippen LogP contribution < -0.4 is 17.0 Å². The number of aliphatic hydroxyl groups excluding tert-OH is 1. The molecule has 0 aromatic rings. The first-order valence-electron chi connectivity index (χ1n) is 3.58. The number of guanidine groups is 1. The van der Waals surface area contributed by atoms with Gasteiger partial charge in [-0.3, -0.25) is 10.4 Å². The molecule has 5 heteroatoms. The van der Waals surface area contributed by atoms with Crippen LogP contribution in [0.2, 0.25) is 0 Å². The summed E-state index contributed by atoms with van der Waals surface area (Å²) in [7, 11) is 0. The second-order valence-electron chi connectivity index (χ2n) is 2.49. The van der Waals surface area contributed by atoms with Crippen molar-refractivity contribution < 1.29 is 5.11 Å². The molecule has 0 heterocycles. The summed E-state index contributed by atoms with van der Waals surface area (Å²) in [5, 5.41) is 8.54. The highest BCUT2D eigenvalue weighted by Crippen LogP contribution is 1.99. The number of hydrazine groups is 1. The Morgan fingerprint density at radius 2 is 2.36 bits per heavy atom. The maximum Gasteiger partial charge on any atom is 0.203 e. The summed E-state index contributed by atoms with van der Waals surface area (Å²) < 4.78 is 0. The predicted molar refractivity (Wildman–Crippen MR) is 44.7 cm³/mol. The summed E-state index contributed by atoms with van der Waals surface area (Å²) in [5.74, 6) is 5.55. The highest BCUT2D eigenvalue weighted by atomic mass is 16.3. The van der Waals surface area contributed by atoms with Crippen LogP contribution in [-0.2, 0) is 0 Å². The van der Waals surface area contributed by atoms with E-state index in [1.165, 1.54) is 0 Å². The average molecular weight is 160 g/mol. The topological polar surface area (TPSA) is 96.7 Å². The van der Waals surface area contributed by atoms with Gasteiger partial charge in [0.05, 0.1) is 0 Å². The van der Waals surface area contributed by atoms with E-state index in [0.29, 0.717) is 12.5 Å². The molecule has 0 aliphatic heterocycles. The Balaban J connectivity index is 3.50. The molecule has 0 saturated carbocycles. The molecule has 0 aliphatic carbocycles. The first-order chi connectivity index (χ1) is 5.20. The van der Waals surface area contributed by atoms with Crippen LogP contribution in [0.3, 0.4) is 0 Å². The van der Waals surface area contributed by atoms with Gasteiger partial charge < -0.3 is 10.8 Å². The van der Waals surface area contributed by atoms with Crippen molar-refractivity contribution in [3.8, 4) is 0 Å². The van der Waals surface area contributed by atoms with Crippen LogP contribution in [0.1, 0.15) is 13.3 Å². The minimum atomic E-state index is 0.187. The van der Waals surface area contributed by atoms with Gasteiger partial charge in [0, 0.05) is 13.2 Å². The van der Waals surface area contributed by atoms with Gasteiger partial charge in [-0.2, -0.15) is 0 Å². The normalized spacial score (nSPS) is 14.6. The number of nitrogens with zero attached hydrogens (tertiary/aromatic N) is 1. The molecule has 0 rings (SSSR count). The summed E-state index contributed by atoms with van der Waals surface area (Å²) in [5.41, 5.74) is 7.50. The molecule has 6 N–H and O–H groups in total. The molecule has 0 spiro atoms. The zero-order valence-corrected chi connectivity index (χ0v) is 6.75. The van der Waals surface area contributed by atoms with Crippen LogP contribution in [-0.4, -0.2) is 24.2 Å². The number of hydrogen-bond donors (Lipinski definition) is 4. The first kappa shape index (κ1) is 10.2. The van der Waals surface area contributed by atoms with E-state index in [1.54, 1.807) is 0 Å². The van der Waals surface area contributed by atoms with Crippen LogP contribution >= 0.6 is 0 Å². The fraction of sp³-hybridized carbons (Fsp3) is 0.833. The lowest BCUT2D eigenvalue weighted by Gasteiger charge is -2.05. The van der Waals surface area contributed by atoms with Gasteiger partial charge in [0.1, 0.15) is 0 Å². The van der Waals surface area contributed by atoms with E-state index in [9.17, 15) is 0 Å². The van der Waals surface area contributed by atoms with Crippen molar-refractivity contribution in [3.05, 3.63) is 0 Å². The van der Waals surface area contributed by atoms with Crippen molar-refractivity contribution in [1.29, 1.82) is 0 Å². The van der Waals surface area contributed by atoms with E-state index >= 15 is 0 Å². The Labute approximate surface area is 66.5 Å². The van der Waals surface area contributed by atoms with Crippen LogP contribution in [0.5, 0.6) is 0 Å². The number of nitrogens with one attached hydrogen (secondary N) is 1. The third-order valence-electron chi connectivity index (χ3n) is 1.34. The lowest BCUT2D eigenvalue weighted by Crippen LogP contribution is -2.37. The molecule has 11 heavy (non-hydrogen) atoms. The van der Waals surface area contributed by atoms with Crippen LogP contribution in [0, 0.1) is 5.92 Å². The quantitative estimate of drug-likeness (QED) is 0.179. The Kier molecular flexibility index (Phi) is 5.50. The average Bonchev–Trinajstić information content (AvgIpc) is 2.01. The second kappa shape index (κ2) is 5.94. The van der Waals surface area contributed by atoms with Gasteiger partial charge >= 0.3 is 0 Å². The fourth-order valence-corrected chi connectivity index (χ4v) is 0.612. The van der Waals surface area contributed by atoms with Crippen molar-refractivity contribution in [3.63, 3.8) is 0 Å². The van der Waals surface area contributed by atoms with Gasteiger partial charge in [0.15, 0.2) is 0 Å². The van der Waals surface area contributed by atoms with E-state index in [2.05, 4.69) is 10.4 Å². The van der Waals surface area contributed by atoms with E-state index < -0.39 is 0 Å². The molecular formula is C6H16N4O. The molecule has 66 valence electrons. The standard InChI is InChI=1S/C6H16N4O/c1-5(2-3-11)4-9-6(7)10-8/h5,11H,2-4,8H2,1H3,(H3,7,9,10). The zero-order valence-electron chi connectivity index (χ0n) is 6.75. The Hall–Kier alpha value is -0.810. The summed E-state index contributed by atoms with van der Waals surface area (Å²) in [6.07, 6.45) is 0.737. The summed E-state index contributed by atoms with van der Waals surface area (Å²) in [6.45, 7) is 2.77. The molecule has 0 saturated heterocycles. The molecular weight excluding hydrogens is 144 g/mol. The second-order valence-corrected chi connectivity index (χ2v) is 2.49. The predicted octanol–water partition coefficient (Wildman–Crippen LogP) is -1.22. The molecule has 0 aliphatic rings. The minimum absolute atomic E-state index is 0.187. The van der Waals surface area contributed by atoms with E-state index in [1.807, 2.05) is 6.92 Å². The van der Waals surface area contributed by atoms with Gasteiger partial charge in [0.25, 0.3) is 0 Å². The molecule has 0 aromatic carbocycles. The first-order valence-corrected chi connectivity index (χ1v) is 3.58. The summed E-state index contributed by atoms with van der Waals surface area (Å²) >= 11 is 0. The van der Waals surface area contributed by atoms with E-state index in [-0.39, 0.29) is 12.6 Å². The number of rotatable bonds is 4. The third-order valence-corrected chi connectivity index (χ3v) is 1.34. The number of nitrogens with two attached hydrogens (primary N) is 2. The molecule has 0 aromatic heterocycles. The molecule has 5 nitrogen and oxygen atoms in total. The Morgan fingerprint density at radius 1 is 1.73 bits per heavy atom. The van der Waals surface area contributed by atoms with Crippen LogP contribution in [0.4, 0.5) is 0 Å². The van der Waals surface area contributed by atoms with Gasteiger partial charge in [-0.25, -0.2) is 5.84 Å². The van der Waals surface area contributed by atoms with Crippen LogP contribution in [0.25, 0.3) is 0 Å². The Bertz CT molecular complexity index is 126. The SMILES string of the molecule is CC(CCO)CN=C(N)NN. The Morgan fingerprint density at radius 3 is 2.82 bits per heavy atom. The molecule has 1 unspecified atom stereocenters. The van der Waals surface area contributed by atoms with Gasteiger partial charge in [-0.15, -0.1) is 0 Å². The zero-order chi connectivity index (χ0) is 8.69. The summed E-state index contributed by atoms with van der Waals surface area (Å²) in [4.78, 5) is 3.91. The monoisotopic (exact) mass is 160 g/mol. The molecule has 0 amide bonds. The van der Waals surface area contributed by atoms with Crippen molar-refractivity contribution in [1.82, 2.24) is 5.43 Å². The smallest absolute Gasteiger partial charge is 0.203 e. The maximum atomic E-state index is 8.54. The molecule has 0 radical (unpaired) electrons. The lowest BCUT2D eigenvalue weighted by molar-refractivity contribution is 0.264. The van der Waals surface area contributed by atoms with Crippen molar-refractivity contribution in [2.45, 2.75) is 13.3 Å². The lowest BCUT2D eigenvalue weighted by atomic mass is 10.1. The molecule has 1 atom stereocenters. The number of aliphatic hydroxyl groups is 1. The van der Waals surface area contributed by atoms with Crippen molar-refractivity contribution in [2.75, 3.05) is 13.2 Å². The maximum absolute atomic E-state index is 8.54. The van der Waals surface area contributed by atoms with Crippen LogP contribution in [0.15, 0.2) is 4.99 Å². The third kappa shape index (κ3) is 5.63. The molecule has 0 fully saturated rings. The van der Waals surface area contributed by atoms with Crippen molar-refractivity contribution >= 4 is 5.96 Å². The van der Waals surface area contributed by atoms with E-state index in [4.69, 9.17) is 16.7 Å². The minimum Gasteiger partial charge on any atom is -0.396 e. The highest BCUT2D eigenvalue weighted by Gasteiger charge is 1.98. The van der Waals surface area contributed by atoms with Gasteiger partial charge in [0.2, 0.25) is 5.96 Å². The molecule has 0 bridgehead atoms. The largest absolute Gasteiger partial charge is 0.396 e. The number of aliphatic imine (C=N–C) groups is 1. The number of hydrogen-bond acceptors (Lipinski definition) is 3. The highest BCUT2D eigenvalue weighted by molar-refractivity contribution is 5.77. The van der Waals surface area contributed by atoms with E-state index in [0.717, 1.165) is 6.42 Å². The van der Waals surface area contributed by atoms with Crippen molar-refractivity contribution in [2.24, 2.45) is 22.5 Å². The summed E-state index contributed by atoms with van der Waals surface area (Å²) in [6, 6.07) is 0. The fourth-order valence-electron chi connectivity index (χ4n) is 0.612. The van der Waals surface area contributed by atoms with Gasteiger partial charge in [-0.1, -0.05) is 6.92 Å².